The van der Waals surface area contributed by atoms with Crippen LogP contribution in [0.2, 0.25) is 0 Å². The molecule has 2 N–H and O–H groups in total. The lowest BCUT2D eigenvalue weighted by Crippen LogP contribution is -2.53. The van der Waals surface area contributed by atoms with Crippen molar-refractivity contribution in [2.45, 2.75) is 31.3 Å². The molecular formula is C9H14N2O4S. The Morgan fingerprint density at radius 2 is 2.00 bits per heavy atom. The van der Waals surface area contributed by atoms with E-state index in [0.29, 0.717) is 19.3 Å². The van der Waals surface area contributed by atoms with E-state index in [-0.39, 0.29) is 29.4 Å². The number of carbonyl (C=O) groups excluding carboxylic acids is 2. The molecule has 2 heterocycles. The number of rotatable bonds is 2. The summed E-state index contributed by atoms with van der Waals surface area (Å²) in [6.45, 7) is 0. The summed E-state index contributed by atoms with van der Waals surface area (Å²) in [4.78, 5) is 22.3. The minimum atomic E-state index is -2.94. The fourth-order valence-electron chi connectivity index (χ4n) is 2.06. The Hall–Kier alpha value is -0.950. The summed E-state index contributed by atoms with van der Waals surface area (Å²) in [7, 11) is -2.94. The fraction of sp³-hybridized carbons (Fsp3) is 0.778. The molecule has 2 saturated heterocycles. The average Bonchev–Trinajstić information content (AvgIpc) is 2.51. The summed E-state index contributed by atoms with van der Waals surface area (Å²) >= 11 is 0. The van der Waals surface area contributed by atoms with Crippen LogP contribution in [0.4, 0.5) is 0 Å². The highest BCUT2D eigenvalue weighted by Crippen LogP contribution is 2.14. The van der Waals surface area contributed by atoms with Crippen molar-refractivity contribution in [1.29, 1.82) is 0 Å². The Bertz CT molecular complexity index is 417. The second-order valence-corrected chi connectivity index (χ2v) is 6.50. The maximum Gasteiger partial charge on any atom is 0.243 e. The van der Waals surface area contributed by atoms with Gasteiger partial charge in [0.25, 0.3) is 0 Å². The van der Waals surface area contributed by atoms with Crippen molar-refractivity contribution in [1.82, 2.24) is 10.6 Å². The monoisotopic (exact) mass is 246 g/mol. The van der Waals surface area contributed by atoms with Crippen molar-refractivity contribution in [3.63, 3.8) is 0 Å². The van der Waals surface area contributed by atoms with Crippen molar-refractivity contribution in [2.24, 2.45) is 0 Å². The first-order valence-electron chi connectivity index (χ1n) is 5.26. The second kappa shape index (κ2) is 4.14. The zero-order chi connectivity index (χ0) is 11.8. The summed E-state index contributed by atoms with van der Waals surface area (Å²) in [5.41, 5.74) is 0. The van der Waals surface area contributed by atoms with Gasteiger partial charge in [0, 0.05) is 12.5 Å². The number of carbonyl (C=O) groups is 2. The molecule has 90 valence electrons. The molecule has 0 aromatic carbocycles. The molecule has 0 saturated carbocycles. The van der Waals surface area contributed by atoms with E-state index < -0.39 is 15.9 Å². The van der Waals surface area contributed by atoms with Gasteiger partial charge in [-0.1, -0.05) is 0 Å². The third kappa shape index (κ3) is 2.59. The van der Waals surface area contributed by atoms with Gasteiger partial charge in [-0.05, 0) is 12.8 Å². The van der Waals surface area contributed by atoms with Gasteiger partial charge in [0.1, 0.15) is 0 Å². The molecule has 16 heavy (non-hydrogen) atoms. The molecule has 0 aliphatic carbocycles. The lowest BCUT2D eigenvalue weighted by atomic mass is 10.0. The van der Waals surface area contributed by atoms with E-state index in [2.05, 4.69) is 10.6 Å². The highest BCUT2D eigenvalue weighted by atomic mass is 32.2. The number of imide groups is 1. The number of sulfone groups is 1. The van der Waals surface area contributed by atoms with Crippen LogP contribution >= 0.6 is 0 Å². The maximum absolute atomic E-state index is 11.4. The summed E-state index contributed by atoms with van der Waals surface area (Å²) in [5.74, 6) is -0.342. The summed E-state index contributed by atoms with van der Waals surface area (Å²) in [5, 5.41) is 5.23. The minimum Gasteiger partial charge on any atom is -0.302 e. The quantitative estimate of drug-likeness (QED) is 0.583. The molecule has 2 atom stereocenters. The van der Waals surface area contributed by atoms with Gasteiger partial charge in [-0.3, -0.25) is 14.9 Å². The predicted molar refractivity (Wildman–Crippen MR) is 56.4 cm³/mol. The van der Waals surface area contributed by atoms with Crippen molar-refractivity contribution >= 4 is 21.7 Å². The molecule has 2 rings (SSSR count). The number of hydrogen-bond acceptors (Lipinski definition) is 5. The van der Waals surface area contributed by atoms with Crippen LogP contribution in [0.5, 0.6) is 0 Å². The highest BCUT2D eigenvalue weighted by molar-refractivity contribution is 7.91. The van der Waals surface area contributed by atoms with E-state index in [1.807, 2.05) is 0 Å². The van der Waals surface area contributed by atoms with Gasteiger partial charge in [0.05, 0.1) is 17.5 Å². The van der Waals surface area contributed by atoms with Crippen LogP contribution in [0.3, 0.4) is 0 Å². The molecule has 0 radical (unpaired) electrons. The normalized spacial score (nSPS) is 33.8. The van der Waals surface area contributed by atoms with Crippen LogP contribution in [0.15, 0.2) is 0 Å². The third-order valence-corrected chi connectivity index (χ3v) is 4.68. The van der Waals surface area contributed by atoms with Crippen LogP contribution in [-0.2, 0) is 19.4 Å². The van der Waals surface area contributed by atoms with Crippen LogP contribution in [0, 0.1) is 0 Å². The molecule has 2 unspecified atom stereocenters. The molecule has 7 heteroatoms. The Kier molecular flexibility index (Phi) is 2.98. The van der Waals surface area contributed by atoms with Crippen molar-refractivity contribution in [3.8, 4) is 0 Å². The number of amides is 2. The zero-order valence-electron chi connectivity index (χ0n) is 8.73. The molecule has 0 spiro atoms. The van der Waals surface area contributed by atoms with Crippen LogP contribution in [0.1, 0.15) is 19.3 Å². The smallest absolute Gasteiger partial charge is 0.243 e. The fourth-order valence-corrected chi connectivity index (χ4v) is 3.75. The van der Waals surface area contributed by atoms with Gasteiger partial charge < -0.3 is 5.32 Å². The molecule has 2 fully saturated rings. The minimum absolute atomic E-state index is 0.0880. The number of piperidine rings is 1. The lowest BCUT2D eigenvalue weighted by Gasteiger charge is -2.24. The lowest BCUT2D eigenvalue weighted by molar-refractivity contribution is -0.134. The molecule has 0 aromatic rings. The summed E-state index contributed by atoms with van der Waals surface area (Å²) < 4.78 is 22.4. The first-order chi connectivity index (χ1) is 7.46. The zero-order valence-corrected chi connectivity index (χ0v) is 9.55. The summed E-state index contributed by atoms with van der Waals surface area (Å²) in [6.07, 6.45) is 1.30. The average molecular weight is 246 g/mol. The largest absolute Gasteiger partial charge is 0.302 e. The SMILES string of the molecule is O=C1CCC(NC2CCS(=O)(=O)C2)C(=O)N1. The van der Waals surface area contributed by atoms with E-state index in [9.17, 15) is 18.0 Å². The molecule has 0 aromatic heterocycles. The first kappa shape index (κ1) is 11.5. The van der Waals surface area contributed by atoms with Crippen LogP contribution < -0.4 is 10.6 Å². The Morgan fingerprint density at radius 3 is 2.56 bits per heavy atom. The van der Waals surface area contributed by atoms with Crippen LogP contribution in [-0.4, -0.2) is 43.8 Å². The highest BCUT2D eigenvalue weighted by Gasteiger charge is 2.33. The van der Waals surface area contributed by atoms with Crippen LogP contribution in [0.25, 0.3) is 0 Å². The van der Waals surface area contributed by atoms with Gasteiger partial charge in [0.2, 0.25) is 11.8 Å². The predicted octanol–water partition coefficient (Wildman–Crippen LogP) is -1.43. The summed E-state index contributed by atoms with van der Waals surface area (Å²) in [6, 6.07) is -0.593. The number of hydrogen-bond donors (Lipinski definition) is 2. The molecule has 0 bridgehead atoms. The number of nitrogens with one attached hydrogen (secondary N) is 2. The van der Waals surface area contributed by atoms with Gasteiger partial charge in [-0.15, -0.1) is 0 Å². The van der Waals surface area contributed by atoms with Crippen molar-refractivity contribution in [3.05, 3.63) is 0 Å². The first-order valence-corrected chi connectivity index (χ1v) is 7.08. The van der Waals surface area contributed by atoms with Gasteiger partial charge in [0.15, 0.2) is 9.84 Å². The van der Waals surface area contributed by atoms with Gasteiger partial charge in [-0.2, -0.15) is 0 Å². The van der Waals surface area contributed by atoms with Crippen molar-refractivity contribution < 1.29 is 18.0 Å². The Morgan fingerprint density at radius 1 is 1.25 bits per heavy atom. The topological polar surface area (TPSA) is 92.3 Å². The maximum atomic E-state index is 11.4. The molecular weight excluding hydrogens is 232 g/mol. The van der Waals surface area contributed by atoms with E-state index >= 15 is 0 Å². The van der Waals surface area contributed by atoms with E-state index in [1.54, 1.807) is 0 Å². The standard InChI is InChI=1S/C9H14N2O4S/c12-8-2-1-7(9(13)11-8)10-6-3-4-16(14,15)5-6/h6-7,10H,1-5H2,(H,11,12,13). The molecule has 6 nitrogen and oxygen atoms in total. The van der Waals surface area contributed by atoms with E-state index in [4.69, 9.17) is 0 Å². The van der Waals surface area contributed by atoms with E-state index in [1.165, 1.54) is 0 Å². The molecule has 2 amide bonds. The second-order valence-electron chi connectivity index (χ2n) is 4.27. The van der Waals surface area contributed by atoms with Gasteiger partial charge in [-0.25, -0.2) is 8.42 Å². The molecule has 2 aliphatic rings. The van der Waals surface area contributed by atoms with Gasteiger partial charge >= 0.3 is 0 Å². The Balaban J connectivity index is 1.91. The third-order valence-electron chi connectivity index (χ3n) is 2.91. The Labute approximate surface area is 93.7 Å². The van der Waals surface area contributed by atoms with E-state index in [0.717, 1.165) is 0 Å². The van der Waals surface area contributed by atoms with Crippen molar-refractivity contribution in [2.75, 3.05) is 11.5 Å². The molecule has 2 aliphatic heterocycles.